The van der Waals surface area contributed by atoms with E-state index < -0.39 is 22.8 Å². The fourth-order valence-corrected chi connectivity index (χ4v) is 4.75. The van der Waals surface area contributed by atoms with Gasteiger partial charge in [0.25, 0.3) is 0 Å². The topological polar surface area (TPSA) is 87.5 Å². The highest BCUT2D eigenvalue weighted by atomic mass is 19.1. The summed E-state index contributed by atoms with van der Waals surface area (Å²) in [4.78, 5) is 31.2. The number of anilines is 1. The molecule has 5 rings (SSSR count). The van der Waals surface area contributed by atoms with E-state index in [4.69, 9.17) is 0 Å². The predicted molar refractivity (Wildman–Crippen MR) is 126 cm³/mol. The number of nitrogens with zero attached hydrogens (tertiary/aromatic N) is 3. The summed E-state index contributed by atoms with van der Waals surface area (Å²) in [6.07, 6.45) is 3.00. The highest BCUT2D eigenvalue weighted by molar-refractivity contribution is 5.96. The highest BCUT2D eigenvalue weighted by Gasteiger charge is 2.25. The molecule has 7 nitrogen and oxygen atoms in total. The molecular weight excluding hydrogens is 423 g/mol. The monoisotopic (exact) mass is 446 g/mol. The van der Waals surface area contributed by atoms with E-state index in [1.165, 1.54) is 6.20 Å². The standard InChI is InChI=1S/C25H23FN4O3/c1-14-11-29(12-15(2)28-14)23-10-22-17(9-19(23)26)24(31)18(25(32)33)13-30(22)21-7-3-6-20-16(21)5-4-8-27-20/h3-10,13-15,28H,11-12H2,1-2H3,(H,32,33)/t14-,15+. The number of carboxylic acids is 1. The minimum Gasteiger partial charge on any atom is -0.477 e. The van der Waals surface area contributed by atoms with E-state index in [-0.39, 0.29) is 17.5 Å². The normalized spacial score (nSPS) is 18.7. The Hall–Kier alpha value is -3.78. The first-order chi connectivity index (χ1) is 15.8. The van der Waals surface area contributed by atoms with Crippen LogP contribution in [0.1, 0.15) is 24.2 Å². The Morgan fingerprint density at radius 3 is 2.58 bits per heavy atom. The molecule has 2 aromatic heterocycles. The third-order valence-electron chi connectivity index (χ3n) is 6.08. The van der Waals surface area contributed by atoms with Crippen molar-refractivity contribution >= 4 is 33.5 Å². The molecular formula is C25H23FN4O3. The summed E-state index contributed by atoms with van der Waals surface area (Å²) in [5.74, 6) is -1.90. The number of nitrogens with one attached hydrogen (secondary N) is 1. The largest absolute Gasteiger partial charge is 0.477 e. The summed E-state index contributed by atoms with van der Waals surface area (Å²) in [6, 6.07) is 12.3. The van der Waals surface area contributed by atoms with Gasteiger partial charge in [0.1, 0.15) is 11.4 Å². The smallest absolute Gasteiger partial charge is 0.341 e. The lowest BCUT2D eigenvalue weighted by molar-refractivity contribution is 0.0695. The first-order valence-electron chi connectivity index (χ1n) is 10.8. The summed E-state index contributed by atoms with van der Waals surface area (Å²) >= 11 is 0. The van der Waals surface area contributed by atoms with Crippen molar-refractivity contribution in [2.75, 3.05) is 18.0 Å². The lowest BCUT2D eigenvalue weighted by Crippen LogP contribution is -2.54. The number of halogens is 1. The molecule has 2 N–H and O–H groups in total. The molecule has 3 heterocycles. The number of hydrogen-bond donors (Lipinski definition) is 2. The van der Waals surface area contributed by atoms with E-state index in [1.54, 1.807) is 22.9 Å². The van der Waals surface area contributed by atoms with Crippen LogP contribution in [-0.2, 0) is 0 Å². The van der Waals surface area contributed by atoms with Crippen molar-refractivity contribution in [2.24, 2.45) is 0 Å². The van der Waals surface area contributed by atoms with Gasteiger partial charge in [0.2, 0.25) is 5.43 Å². The number of aromatic carboxylic acids is 1. The number of carboxylic acid groups (broad SMARTS) is 1. The van der Waals surface area contributed by atoms with Crippen LogP contribution < -0.4 is 15.6 Å². The summed E-state index contributed by atoms with van der Waals surface area (Å²) in [7, 11) is 0. The van der Waals surface area contributed by atoms with Gasteiger partial charge in [-0.05, 0) is 50.2 Å². The molecule has 0 bridgehead atoms. The molecule has 1 saturated heterocycles. The van der Waals surface area contributed by atoms with Gasteiger partial charge in [-0.25, -0.2) is 9.18 Å². The van der Waals surface area contributed by atoms with Crippen molar-refractivity contribution in [1.29, 1.82) is 0 Å². The maximum absolute atomic E-state index is 15.3. The molecule has 168 valence electrons. The summed E-state index contributed by atoms with van der Waals surface area (Å²) in [6.45, 7) is 5.31. The summed E-state index contributed by atoms with van der Waals surface area (Å²) in [5, 5.41) is 13.9. The predicted octanol–water partition coefficient (Wildman–Crippen LogP) is 3.56. The Balaban J connectivity index is 1.83. The molecule has 33 heavy (non-hydrogen) atoms. The minimum absolute atomic E-state index is 0.0216. The Morgan fingerprint density at radius 2 is 1.85 bits per heavy atom. The van der Waals surface area contributed by atoms with Crippen molar-refractivity contribution in [1.82, 2.24) is 14.9 Å². The van der Waals surface area contributed by atoms with Crippen LogP contribution in [0.2, 0.25) is 0 Å². The molecule has 1 fully saturated rings. The van der Waals surface area contributed by atoms with Gasteiger partial charge in [0.15, 0.2) is 0 Å². The molecule has 0 aliphatic carbocycles. The van der Waals surface area contributed by atoms with Gasteiger partial charge in [0, 0.05) is 48.3 Å². The third-order valence-corrected chi connectivity index (χ3v) is 6.08. The Kier molecular flexibility index (Phi) is 5.09. The average Bonchev–Trinajstić information content (AvgIpc) is 2.78. The van der Waals surface area contributed by atoms with Gasteiger partial charge < -0.3 is 19.9 Å². The second-order valence-corrected chi connectivity index (χ2v) is 8.59. The zero-order valence-corrected chi connectivity index (χ0v) is 18.2. The van der Waals surface area contributed by atoms with Crippen molar-refractivity contribution in [2.45, 2.75) is 25.9 Å². The molecule has 2 atom stereocenters. The molecule has 1 aliphatic rings. The molecule has 0 radical (unpaired) electrons. The molecule has 0 amide bonds. The van der Waals surface area contributed by atoms with E-state index >= 15 is 4.39 Å². The van der Waals surface area contributed by atoms with Crippen LogP contribution in [0.5, 0.6) is 0 Å². The second-order valence-electron chi connectivity index (χ2n) is 8.59. The van der Waals surface area contributed by atoms with Crippen molar-refractivity contribution in [3.05, 3.63) is 76.5 Å². The van der Waals surface area contributed by atoms with Gasteiger partial charge in [-0.1, -0.05) is 6.07 Å². The number of hydrogen-bond acceptors (Lipinski definition) is 5. The molecule has 2 aromatic carbocycles. The number of carbonyl (C=O) groups is 1. The minimum atomic E-state index is -1.36. The van der Waals surface area contributed by atoms with E-state index in [9.17, 15) is 14.7 Å². The second kappa shape index (κ2) is 7.97. The van der Waals surface area contributed by atoms with Crippen LogP contribution in [0.4, 0.5) is 10.1 Å². The number of rotatable bonds is 3. The maximum Gasteiger partial charge on any atom is 0.341 e. The number of fused-ring (bicyclic) bond motifs is 2. The fraction of sp³-hybridized carbons (Fsp3) is 0.240. The third kappa shape index (κ3) is 3.62. The number of piperazine rings is 1. The molecule has 1 aliphatic heterocycles. The fourth-order valence-electron chi connectivity index (χ4n) is 4.75. The van der Waals surface area contributed by atoms with Crippen molar-refractivity contribution < 1.29 is 14.3 Å². The van der Waals surface area contributed by atoms with E-state index in [1.807, 2.05) is 43.0 Å². The van der Waals surface area contributed by atoms with Gasteiger partial charge in [-0.2, -0.15) is 0 Å². The van der Waals surface area contributed by atoms with Crippen molar-refractivity contribution in [3.8, 4) is 5.69 Å². The van der Waals surface area contributed by atoms with Crippen LogP contribution in [0.25, 0.3) is 27.5 Å². The molecule has 0 saturated carbocycles. The lowest BCUT2D eigenvalue weighted by Gasteiger charge is -2.38. The Morgan fingerprint density at radius 1 is 1.09 bits per heavy atom. The molecule has 0 unspecified atom stereocenters. The number of aromatic nitrogens is 2. The Bertz CT molecular complexity index is 1450. The first kappa shape index (κ1) is 21.1. The lowest BCUT2D eigenvalue weighted by atomic mass is 10.1. The van der Waals surface area contributed by atoms with Gasteiger partial charge in [-0.15, -0.1) is 0 Å². The van der Waals surface area contributed by atoms with E-state index in [2.05, 4.69) is 10.3 Å². The summed E-state index contributed by atoms with van der Waals surface area (Å²) < 4.78 is 16.9. The van der Waals surface area contributed by atoms with E-state index in [0.29, 0.717) is 30.0 Å². The average molecular weight is 446 g/mol. The van der Waals surface area contributed by atoms with Crippen molar-refractivity contribution in [3.63, 3.8) is 0 Å². The van der Waals surface area contributed by atoms with Gasteiger partial charge in [0.05, 0.1) is 22.4 Å². The molecule has 8 heteroatoms. The quantitative estimate of drug-likeness (QED) is 0.500. The SMILES string of the molecule is C[C@@H]1CN(c2cc3c(cc2F)c(=O)c(C(=O)O)cn3-c2cccc3ncccc23)C[C@H](C)N1. The van der Waals surface area contributed by atoms with Crippen LogP contribution in [0.3, 0.4) is 0 Å². The van der Waals surface area contributed by atoms with Crippen LogP contribution in [-0.4, -0.2) is 45.8 Å². The van der Waals surface area contributed by atoms with E-state index in [0.717, 1.165) is 17.0 Å². The number of benzene rings is 2. The van der Waals surface area contributed by atoms with Crippen LogP contribution in [0.15, 0.2) is 59.7 Å². The highest BCUT2D eigenvalue weighted by Crippen LogP contribution is 2.30. The Labute approximate surface area is 189 Å². The number of pyridine rings is 2. The van der Waals surface area contributed by atoms with Crippen LogP contribution in [0, 0.1) is 5.82 Å². The van der Waals surface area contributed by atoms with Gasteiger partial charge in [-0.3, -0.25) is 9.78 Å². The zero-order valence-electron chi connectivity index (χ0n) is 18.2. The van der Waals surface area contributed by atoms with Crippen LogP contribution >= 0.6 is 0 Å². The molecule has 0 spiro atoms. The molecule has 4 aromatic rings. The zero-order chi connectivity index (χ0) is 23.3. The first-order valence-corrected chi connectivity index (χ1v) is 10.8. The van der Waals surface area contributed by atoms with Gasteiger partial charge >= 0.3 is 5.97 Å². The maximum atomic E-state index is 15.3. The summed E-state index contributed by atoms with van der Waals surface area (Å²) in [5.41, 5.74) is 1.09.